The van der Waals surface area contributed by atoms with E-state index in [-0.39, 0.29) is 11.7 Å². The quantitative estimate of drug-likeness (QED) is 0.758. The molecule has 0 spiro atoms. The molecule has 2 nitrogen and oxygen atoms in total. The van der Waals surface area contributed by atoms with Gasteiger partial charge >= 0.3 is 0 Å². The number of carbonyl (C=O) groups excluding carboxylic acids is 1. The summed E-state index contributed by atoms with van der Waals surface area (Å²) in [7, 11) is 0. The highest BCUT2D eigenvalue weighted by Gasteiger charge is 2.17. The zero-order valence-corrected chi connectivity index (χ0v) is 11.0. The summed E-state index contributed by atoms with van der Waals surface area (Å²) in [6.07, 6.45) is 0. The van der Waals surface area contributed by atoms with Gasteiger partial charge in [-0.05, 0) is 13.0 Å². The average molecular weight is 261 g/mol. The van der Waals surface area contributed by atoms with Crippen LogP contribution in [0.5, 0.6) is 5.75 Å². The predicted molar refractivity (Wildman–Crippen MR) is 66.8 cm³/mol. The van der Waals surface area contributed by atoms with Crippen molar-refractivity contribution in [2.24, 2.45) is 5.92 Å². The normalized spacial score (nSPS) is 10.6. The van der Waals surface area contributed by atoms with Crippen molar-refractivity contribution in [2.75, 3.05) is 6.61 Å². The minimum absolute atomic E-state index is 0.0186. The lowest BCUT2D eigenvalue weighted by Crippen LogP contribution is -2.08. The van der Waals surface area contributed by atoms with Crippen molar-refractivity contribution in [3.05, 3.63) is 27.7 Å². The number of halogens is 2. The van der Waals surface area contributed by atoms with Crippen LogP contribution in [0.3, 0.4) is 0 Å². The first kappa shape index (κ1) is 13.3. The van der Waals surface area contributed by atoms with E-state index in [4.69, 9.17) is 27.9 Å². The summed E-state index contributed by atoms with van der Waals surface area (Å²) in [5, 5.41) is 0.793. The van der Waals surface area contributed by atoms with Gasteiger partial charge in [0, 0.05) is 17.5 Å². The highest BCUT2D eigenvalue weighted by Crippen LogP contribution is 2.32. The molecule has 0 saturated carbocycles. The number of benzene rings is 1. The van der Waals surface area contributed by atoms with E-state index in [0.29, 0.717) is 28.0 Å². The van der Waals surface area contributed by atoms with Crippen LogP contribution in [0.4, 0.5) is 0 Å². The Labute approximate surface area is 106 Å². The first-order valence-corrected chi connectivity index (χ1v) is 5.89. The third-order valence-corrected chi connectivity index (χ3v) is 2.72. The first-order valence-electron chi connectivity index (χ1n) is 5.13. The van der Waals surface area contributed by atoms with Crippen LogP contribution >= 0.6 is 23.2 Å². The molecule has 0 saturated heterocycles. The van der Waals surface area contributed by atoms with Crippen LogP contribution in [0.25, 0.3) is 0 Å². The highest BCUT2D eigenvalue weighted by atomic mass is 35.5. The Balaban J connectivity index is 3.15. The third kappa shape index (κ3) is 2.89. The van der Waals surface area contributed by atoms with Gasteiger partial charge in [-0.3, -0.25) is 4.79 Å². The van der Waals surface area contributed by atoms with Crippen LogP contribution in [0.1, 0.15) is 31.1 Å². The monoisotopic (exact) mass is 260 g/mol. The molecule has 4 heteroatoms. The van der Waals surface area contributed by atoms with Crippen LogP contribution in [-0.4, -0.2) is 12.4 Å². The fraction of sp³-hybridized carbons (Fsp3) is 0.417. The van der Waals surface area contributed by atoms with Crippen LogP contribution < -0.4 is 4.74 Å². The molecule has 0 N–H and O–H groups in total. The maximum atomic E-state index is 11.8. The Kier molecular flexibility index (Phi) is 4.63. The number of ether oxygens (including phenoxy) is 1. The molecule has 0 unspecified atom stereocenters. The predicted octanol–water partition coefficient (Wildman–Crippen LogP) is 4.23. The van der Waals surface area contributed by atoms with Crippen LogP contribution in [-0.2, 0) is 0 Å². The van der Waals surface area contributed by atoms with Gasteiger partial charge in [0.2, 0.25) is 0 Å². The van der Waals surface area contributed by atoms with Gasteiger partial charge in [-0.1, -0.05) is 37.0 Å². The molecular weight excluding hydrogens is 247 g/mol. The Bertz CT molecular complexity index is 400. The molecule has 0 aromatic heterocycles. The van der Waals surface area contributed by atoms with Crippen molar-refractivity contribution in [1.82, 2.24) is 0 Å². The second-order valence-electron chi connectivity index (χ2n) is 3.71. The van der Waals surface area contributed by atoms with Gasteiger partial charge in [0.1, 0.15) is 5.75 Å². The number of rotatable bonds is 4. The Hall–Kier alpha value is -0.730. The molecule has 88 valence electrons. The number of carbonyl (C=O) groups is 1. The maximum Gasteiger partial charge on any atom is 0.166 e. The van der Waals surface area contributed by atoms with E-state index >= 15 is 0 Å². The minimum atomic E-state index is -0.105. The summed E-state index contributed by atoms with van der Waals surface area (Å²) in [5.74, 6) is 0.385. The molecular formula is C12H14Cl2O2. The Morgan fingerprint density at radius 2 is 1.94 bits per heavy atom. The van der Waals surface area contributed by atoms with Crippen molar-refractivity contribution in [3.63, 3.8) is 0 Å². The van der Waals surface area contributed by atoms with Crippen molar-refractivity contribution in [1.29, 1.82) is 0 Å². The molecule has 1 aromatic rings. The zero-order chi connectivity index (χ0) is 12.3. The van der Waals surface area contributed by atoms with Gasteiger partial charge in [-0.2, -0.15) is 0 Å². The van der Waals surface area contributed by atoms with Gasteiger partial charge in [0.05, 0.1) is 16.7 Å². The summed E-state index contributed by atoms with van der Waals surface area (Å²) in [6, 6.07) is 3.15. The molecule has 1 aromatic carbocycles. The Morgan fingerprint density at radius 3 is 2.44 bits per heavy atom. The number of Topliss-reactive ketones (excluding diaryl/α,β-unsaturated/α-hetero) is 1. The van der Waals surface area contributed by atoms with E-state index in [1.807, 2.05) is 20.8 Å². The zero-order valence-electron chi connectivity index (χ0n) is 9.51. The largest absolute Gasteiger partial charge is 0.492 e. The molecule has 0 bridgehead atoms. The maximum absolute atomic E-state index is 11.8. The molecule has 0 aliphatic heterocycles. The Morgan fingerprint density at radius 1 is 1.31 bits per heavy atom. The molecule has 0 radical (unpaired) electrons. The SMILES string of the molecule is CCOc1cc(Cl)c(C(=O)C(C)C)cc1Cl. The first-order chi connectivity index (χ1) is 7.47. The van der Waals surface area contributed by atoms with E-state index < -0.39 is 0 Å². The smallest absolute Gasteiger partial charge is 0.166 e. The molecule has 0 heterocycles. The summed E-state index contributed by atoms with van der Waals surface area (Å²) in [5.41, 5.74) is 0.449. The summed E-state index contributed by atoms with van der Waals surface area (Å²) < 4.78 is 5.28. The summed E-state index contributed by atoms with van der Waals surface area (Å²) in [4.78, 5) is 11.8. The topological polar surface area (TPSA) is 26.3 Å². The molecule has 0 aliphatic rings. The molecule has 0 aliphatic carbocycles. The van der Waals surface area contributed by atoms with E-state index in [2.05, 4.69) is 0 Å². The second kappa shape index (κ2) is 5.55. The second-order valence-corrected chi connectivity index (χ2v) is 4.53. The van der Waals surface area contributed by atoms with Crippen molar-refractivity contribution in [2.45, 2.75) is 20.8 Å². The van der Waals surface area contributed by atoms with Gasteiger partial charge < -0.3 is 4.74 Å². The fourth-order valence-corrected chi connectivity index (χ4v) is 1.76. The van der Waals surface area contributed by atoms with Crippen LogP contribution in [0.15, 0.2) is 12.1 Å². The molecule has 0 atom stereocenters. The highest BCUT2D eigenvalue weighted by molar-refractivity contribution is 6.36. The van der Waals surface area contributed by atoms with Crippen molar-refractivity contribution in [3.8, 4) is 5.75 Å². The van der Waals surface area contributed by atoms with Gasteiger partial charge in [0.25, 0.3) is 0 Å². The molecule has 0 fully saturated rings. The van der Waals surface area contributed by atoms with E-state index in [1.165, 1.54) is 0 Å². The summed E-state index contributed by atoms with van der Waals surface area (Å²) >= 11 is 12.0. The lowest BCUT2D eigenvalue weighted by Gasteiger charge is -2.10. The van der Waals surface area contributed by atoms with Gasteiger partial charge in [-0.15, -0.1) is 0 Å². The number of hydrogen-bond donors (Lipinski definition) is 0. The van der Waals surface area contributed by atoms with Gasteiger partial charge in [0.15, 0.2) is 5.78 Å². The van der Waals surface area contributed by atoms with E-state index in [0.717, 1.165) is 0 Å². The number of ketones is 1. The molecule has 16 heavy (non-hydrogen) atoms. The average Bonchev–Trinajstić information content (AvgIpc) is 2.22. The lowest BCUT2D eigenvalue weighted by atomic mass is 10.0. The number of hydrogen-bond acceptors (Lipinski definition) is 2. The van der Waals surface area contributed by atoms with Crippen molar-refractivity contribution >= 4 is 29.0 Å². The van der Waals surface area contributed by atoms with Crippen LogP contribution in [0, 0.1) is 5.92 Å². The van der Waals surface area contributed by atoms with Crippen LogP contribution in [0.2, 0.25) is 10.0 Å². The third-order valence-electron chi connectivity index (χ3n) is 2.11. The van der Waals surface area contributed by atoms with Gasteiger partial charge in [-0.25, -0.2) is 0 Å². The standard InChI is InChI=1S/C12H14Cl2O2/c1-4-16-11-6-9(13)8(5-10(11)14)12(15)7(2)3/h5-7H,4H2,1-3H3. The lowest BCUT2D eigenvalue weighted by molar-refractivity contribution is 0.0939. The van der Waals surface area contributed by atoms with Crippen molar-refractivity contribution < 1.29 is 9.53 Å². The molecule has 0 amide bonds. The fourth-order valence-electron chi connectivity index (χ4n) is 1.29. The van der Waals surface area contributed by atoms with E-state index in [9.17, 15) is 4.79 Å². The summed E-state index contributed by atoms with van der Waals surface area (Å²) in [6.45, 7) is 6.01. The molecule has 1 rings (SSSR count). The minimum Gasteiger partial charge on any atom is -0.492 e. The van der Waals surface area contributed by atoms with E-state index in [1.54, 1.807) is 12.1 Å².